The summed E-state index contributed by atoms with van der Waals surface area (Å²) in [6.45, 7) is 5.54. The van der Waals surface area contributed by atoms with Crippen LogP contribution in [0.2, 0.25) is 0 Å². The fourth-order valence-corrected chi connectivity index (χ4v) is 3.23. The largest absolute Gasteiger partial charge is 0.462 e. The molecule has 0 atom stereocenters. The fraction of sp³-hybridized carbons (Fsp3) is 0.250. The van der Waals surface area contributed by atoms with E-state index in [1.165, 1.54) is 23.5 Å². The molecule has 0 aliphatic rings. The predicted octanol–water partition coefficient (Wildman–Crippen LogP) is 3.56. The van der Waals surface area contributed by atoms with Gasteiger partial charge in [0.2, 0.25) is 0 Å². The maximum atomic E-state index is 12.0. The molecule has 1 aromatic heterocycles. The first-order valence-corrected chi connectivity index (χ1v) is 8.27. The molecule has 25 heavy (non-hydrogen) atoms. The minimum atomic E-state index is -0.475. The van der Waals surface area contributed by atoms with Gasteiger partial charge < -0.3 is 10.5 Å². The van der Waals surface area contributed by atoms with Crippen molar-refractivity contribution in [3.63, 3.8) is 0 Å². The molecule has 132 valence electrons. The van der Waals surface area contributed by atoms with E-state index in [0.717, 1.165) is 4.88 Å². The van der Waals surface area contributed by atoms with Gasteiger partial charge in [0.05, 0.1) is 33.4 Å². The van der Waals surface area contributed by atoms with E-state index >= 15 is 0 Å². The van der Waals surface area contributed by atoms with Crippen molar-refractivity contribution in [1.82, 2.24) is 0 Å². The van der Waals surface area contributed by atoms with Gasteiger partial charge >= 0.3 is 5.97 Å². The minimum absolute atomic E-state index is 0.0287. The summed E-state index contributed by atoms with van der Waals surface area (Å²) in [6, 6.07) is 6.02. The quantitative estimate of drug-likeness (QED) is 0.351. The topological polar surface area (TPSA) is 120 Å². The third kappa shape index (κ3) is 4.13. The Hall–Kier alpha value is -2.94. The van der Waals surface area contributed by atoms with E-state index in [-0.39, 0.29) is 12.3 Å². The molecular weight excluding hydrogens is 344 g/mol. The van der Waals surface area contributed by atoms with Gasteiger partial charge in [-0.15, -0.1) is 11.3 Å². The van der Waals surface area contributed by atoms with Crippen molar-refractivity contribution >= 4 is 39.4 Å². The number of carbonyl (C=O) groups excluding carboxylic acids is 1. The molecule has 1 aromatic carbocycles. The summed E-state index contributed by atoms with van der Waals surface area (Å²) in [5, 5.41) is 15.4. The highest BCUT2D eigenvalue weighted by molar-refractivity contribution is 7.18. The van der Waals surface area contributed by atoms with Gasteiger partial charge in [0, 0.05) is 12.1 Å². The molecule has 0 aliphatic heterocycles. The van der Waals surface area contributed by atoms with Crippen LogP contribution in [0.15, 0.2) is 29.4 Å². The van der Waals surface area contributed by atoms with Gasteiger partial charge in [0.15, 0.2) is 0 Å². The lowest BCUT2D eigenvalue weighted by molar-refractivity contribution is -0.384. The maximum absolute atomic E-state index is 12.0. The predicted molar refractivity (Wildman–Crippen MR) is 98.4 cm³/mol. The summed E-state index contributed by atoms with van der Waals surface area (Å²) in [6.07, 6.45) is 0. The molecule has 0 bridgehead atoms. The van der Waals surface area contributed by atoms with Crippen LogP contribution in [0.25, 0.3) is 0 Å². The molecule has 2 aromatic rings. The van der Waals surface area contributed by atoms with Gasteiger partial charge in [-0.1, -0.05) is 6.07 Å². The van der Waals surface area contributed by atoms with Crippen LogP contribution in [0, 0.1) is 17.0 Å². The molecule has 0 aliphatic carbocycles. The van der Waals surface area contributed by atoms with Crippen LogP contribution in [0.1, 0.15) is 34.6 Å². The van der Waals surface area contributed by atoms with Crippen LogP contribution in [-0.4, -0.2) is 23.2 Å². The molecule has 0 amide bonds. The molecule has 0 fully saturated rings. The normalized spacial score (nSPS) is 11.2. The highest BCUT2D eigenvalue weighted by Gasteiger charge is 2.21. The number of nitro groups is 1. The van der Waals surface area contributed by atoms with E-state index in [1.54, 1.807) is 32.9 Å². The van der Waals surface area contributed by atoms with Crippen LogP contribution in [0.5, 0.6) is 0 Å². The first-order chi connectivity index (χ1) is 11.8. The summed E-state index contributed by atoms with van der Waals surface area (Å²) < 4.78 is 5.02. The van der Waals surface area contributed by atoms with Crippen molar-refractivity contribution in [2.75, 3.05) is 17.8 Å². The average Bonchev–Trinajstić information content (AvgIpc) is 2.87. The molecule has 0 saturated heterocycles. The number of esters is 1. The number of benzene rings is 1. The van der Waals surface area contributed by atoms with Crippen molar-refractivity contribution in [3.8, 4) is 0 Å². The first kappa shape index (κ1) is 18.4. The lowest BCUT2D eigenvalue weighted by atomic mass is 10.1. The first-order valence-electron chi connectivity index (χ1n) is 7.46. The van der Waals surface area contributed by atoms with E-state index in [4.69, 9.17) is 10.5 Å². The van der Waals surface area contributed by atoms with Crippen molar-refractivity contribution in [1.29, 1.82) is 0 Å². The van der Waals surface area contributed by atoms with Gasteiger partial charge in [-0.25, -0.2) is 4.79 Å². The molecule has 1 heterocycles. The second-order valence-corrected chi connectivity index (χ2v) is 6.18. The van der Waals surface area contributed by atoms with Crippen LogP contribution < -0.4 is 11.2 Å². The molecule has 9 heteroatoms. The number of hydrazone groups is 1. The third-order valence-electron chi connectivity index (χ3n) is 3.39. The van der Waals surface area contributed by atoms with Crippen molar-refractivity contribution < 1.29 is 14.5 Å². The Balaban J connectivity index is 2.26. The molecule has 3 N–H and O–H groups in total. The number of anilines is 2. The minimum Gasteiger partial charge on any atom is -0.462 e. The summed E-state index contributed by atoms with van der Waals surface area (Å²) in [4.78, 5) is 23.1. The number of nitrogens with two attached hydrogens (primary N) is 1. The van der Waals surface area contributed by atoms with E-state index in [2.05, 4.69) is 10.5 Å². The second-order valence-electron chi connectivity index (χ2n) is 5.13. The molecule has 0 saturated carbocycles. The van der Waals surface area contributed by atoms with Crippen molar-refractivity contribution in [2.45, 2.75) is 20.8 Å². The van der Waals surface area contributed by atoms with Gasteiger partial charge in [-0.3, -0.25) is 15.5 Å². The summed E-state index contributed by atoms with van der Waals surface area (Å²) in [5.74, 6) is -0.459. The number of nitrogens with zero attached hydrogens (tertiary/aromatic N) is 2. The summed E-state index contributed by atoms with van der Waals surface area (Å²) in [5.41, 5.74) is 10.8. The number of ether oxygens (including phenoxy) is 1. The summed E-state index contributed by atoms with van der Waals surface area (Å²) >= 11 is 1.24. The number of non-ortho nitro benzene ring substituents is 1. The number of hydrogen-bond acceptors (Lipinski definition) is 8. The Bertz CT molecular complexity index is 845. The number of nitrogens with one attached hydrogen (secondary N) is 1. The highest BCUT2D eigenvalue weighted by atomic mass is 32.1. The zero-order valence-electron chi connectivity index (χ0n) is 14.0. The van der Waals surface area contributed by atoms with Crippen LogP contribution in [0.4, 0.5) is 16.4 Å². The lowest BCUT2D eigenvalue weighted by Gasteiger charge is -2.04. The number of hydrogen-bond donors (Lipinski definition) is 2. The molecule has 0 unspecified atom stereocenters. The van der Waals surface area contributed by atoms with Gasteiger partial charge in [-0.05, 0) is 32.4 Å². The van der Waals surface area contributed by atoms with E-state index < -0.39 is 10.9 Å². The SMILES string of the molecule is CCOC(=O)c1c(N)sc(/C(C)=N\Nc2cccc([N+](=O)[O-])c2)c1C. The van der Waals surface area contributed by atoms with Gasteiger partial charge in [-0.2, -0.15) is 5.10 Å². The summed E-state index contributed by atoms with van der Waals surface area (Å²) in [7, 11) is 0. The standard InChI is InChI=1S/C16H18N4O4S/c1-4-24-16(21)13-9(2)14(25-15(13)17)10(3)18-19-11-6-5-7-12(8-11)20(22)23/h5-8,19H,4,17H2,1-3H3/b18-10-. The van der Waals surface area contributed by atoms with Crippen LogP contribution >= 0.6 is 11.3 Å². The smallest absolute Gasteiger partial charge is 0.341 e. The Morgan fingerprint density at radius 1 is 1.48 bits per heavy atom. The Kier molecular flexibility index (Phi) is 5.71. The third-order valence-corrected chi connectivity index (χ3v) is 4.62. The van der Waals surface area contributed by atoms with Gasteiger partial charge in [0.25, 0.3) is 5.69 Å². The molecule has 0 spiro atoms. The zero-order chi connectivity index (χ0) is 18.6. The second kappa shape index (κ2) is 7.75. The zero-order valence-corrected chi connectivity index (χ0v) is 14.8. The maximum Gasteiger partial charge on any atom is 0.341 e. The highest BCUT2D eigenvalue weighted by Crippen LogP contribution is 2.31. The Morgan fingerprint density at radius 2 is 2.20 bits per heavy atom. The molecular formula is C16H18N4O4S. The Morgan fingerprint density at radius 3 is 2.84 bits per heavy atom. The average molecular weight is 362 g/mol. The molecule has 2 rings (SSSR count). The van der Waals surface area contributed by atoms with Crippen molar-refractivity contribution in [2.24, 2.45) is 5.10 Å². The van der Waals surface area contributed by atoms with Crippen molar-refractivity contribution in [3.05, 3.63) is 50.4 Å². The Labute approximate surface area is 148 Å². The number of rotatable bonds is 6. The van der Waals surface area contributed by atoms with Gasteiger partial charge in [0.1, 0.15) is 5.00 Å². The molecule has 0 radical (unpaired) electrons. The van der Waals surface area contributed by atoms with E-state index in [9.17, 15) is 14.9 Å². The number of carbonyl (C=O) groups is 1. The van der Waals surface area contributed by atoms with E-state index in [0.29, 0.717) is 27.5 Å². The monoisotopic (exact) mass is 362 g/mol. The molecule has 8 nitrogen and oxygen atoms in total. The number of nitrogen functional groups attached to an aromatic ring is 1. The lowest BCUT2D eigenvalue weighted by Crippen LogP contribution is -2.08. The van der Waals surface area contributed by atoms with Crippen LogP contribution in [0.3, 0.4) is 0 Å². The number of thiophene rings is 1. The fourth-order valence-electron chi connectivity index (χ4n) is 2.23. The number of nitro benzene ring substituents is 1. The van der Waals surface area contributed by atoms with Crippen LogP contribution in [-0.2, 0) is 4.74 Å². The van der Waals surface area contributed by atoms with E-state index in [1.807, 2.05) is 0 Å².